The lowest BCUT2D eigenvalue weighted by Crippen LogP contribution is -2.00. The van der Waals surface area contributed by atoms with Crippen molar-refractivity contribution in [3.8, 4) is 0 Å². The molecule has 0 bridgehead atoms. The molecule has 0 spiro atoms. The van der Waals surface area contributed by atoms with Crippen LogP contribution in [0.4, 0.5) is 0 Å². The Morgan fingerprint density at radius 2 is 2.00 bits per heavy atom. The molecule has 0 aromatic heterocycles. The van der Waals surface area contributed by atoms with Gasteiger partial charge in [0.2, 0.25) is 0 Å². The van der Waals surface area contributed by atoms with E-state index in [0.717, 1.165) is 0 Å². The van der Waals surface area contributed by atoms with Crippen molar-refractivity contribution >= 4 is 21.6 Å². The summed E-state index contributed by atoms with van der Waals surface area (Å²) >= 11 is 0. The Morgan fingerprint density at radius 3 is 2.69 bits per heavy atom. The maximum Gasteiger partial charge on any atom is 0.286 e. The number of nitrogens with zero attached hydrogens (tertiary/aromatic N) is 2. The van der Waals surface area contributed by atoms with Crippen LogP contribution in [0, 0.1) is 0 Å². The Bertz CT molecular complexity index is 584. The Labute approximate surface area is 93.5 Å². The first-order chi connectivity index (χ1) is 7.50. The van der Waals surface area contributed by atoms with Crippen LogP contribution in [-0.4, -0.2) is 20.0 Å². The van der Waals surface area contributed by atoms with Gasteiger partial charge in [0.25, 0.3) is 15.9 Å². The minimum atomic E-state index is -3.61. The van der Waals surface area contributed by atoms with Crippen LogP contribution in [-0.2, 0) is 14.9 Å². The molecule has 84 valence electrons. The Kier molecular flexibility index (Phi) is 2.51. The number of rotatable bonds is 1. The molecule has 0 N–H and O–H groups in total. The van der Waals surface area contributed by atoms with E-state index in [1.807, 2.05) is 0 Å². The van der Waals surface area contributed by atoms with Crippen molar-refractivity contribution in [1.82, 2.24) is 0 Å². The van der Waals surface area contributed by atoms with Gasteiger partial charge in [-0.3, -0.25) is 0 Å². The van der Waals surface area contributed by atoms with Gasteiger partial charge < -0.3 is 4.84 Å². The fraction of sp³-hybridized carbons (Fsp3) is 0.200. The van der Waals surface area contributed by atoms with Gasteiger partial charge in [0.05, 0.1) is 11.3 Å². The third-order valence-electron chi connectivity index (χ3n) is 1.91. The van der Waals surface area contributed by atoms with Crippen LogP contribution in [0.1, 0.15) is 19.4 Å². The average molecular weight is 238 g/mol. The maximum atomic E-state index is 11.6. The average Bonchev–Trinajstić information content (AvgIpc) is 2.49. The van der Waals surface area contributed by atoms with E-state index in [4.69, 9.17) is 4.84 Å². The molecule has 0 amide bonds. The highest BCUT2D eigenvalue weighted by Gasteiger charge is 2.29. The lowest BCUT2D eigenvalue weighted by molar-refractivity contribution is 0.330. The van der Waals surface area contributed by atoms with Crippen LogP contribution in [0.15, 0.2) is 38.7 Å². The van der Waals surface area contributed by atoms with Gasteiger partial charge in [0.1, 0.15) is 4.90 Å². The predicted molar refractivity (Wildman–Crippen MR) is 60.0 cm³/mol. The van der Waals surface area contributed by atoms with E-state index >= 15 is 0 Å². The Hall–Kier alpha value is -1.69. The molecule has 5 nitrogen and oxygen atoms in total. The van der Waals surface area contributed by atoms with Gasteiger partial charge in [-0.05, 0) is 26.0 Å². The molecule has 6 heteroatoms. The van der Waals surface area contributed by atoms with Crippen LogP contribution >= 0.6 is 0 Å². The predicted octanol–water partition coefficient (Wildman–Crippen LogP) is 1.55. The first-order valence-electron chi connectivity index (χ1n) is 4.63. The Balaban J connectivity index is 2.47. The summed E-state index contributed by atoms with van der Waals surface area (Å²) in [5.41, 5.74) is 1.14. The van der Waals surface area contributed by atoms with Gasteiger partial charge in [-0.25, -0.2) is 0 Å². The van der Waals surface area contributed by atoms with Crippen molar-refractivity contribution in [2.45, 2.75) is 18.7 Å². The summed E-state index contributed by atoms with van der Waals surface area (Å²) in [6.07, 6.45) is 0. The van der Waals surface area contributed by atoms with Gasteiger partial charge >= 0.3 is 0 Å². The van der Waals surface area contributed by atoms with E-state index in [1.54, 1.807) is 32.0 Å². The number of benzene rings is 1. The molecule has 1 aliphatic heterocycles. The van der Waals surface area contributed by atoms with Gasteiger partial charge in [-0.15, -0.1) is 4.40 Å². The van der Waals surface area contributed by atoms with E-state index in [1.165, 1.54) is 6.07 Å². The summed E-state index contributed by atoms with van der Waals surface area (Å²) in [6.45, 7) is 3.49. The lowest BCUT2D eigenvalue weighted by Gasteiger charge is -1.98. The third-order valence-corrected chi connectivity index (χ3v) is 3.23. The van der Waals surface area contributed by atoms with E-state index in [-0.39, 0.29) is 10.8 Å². The molecule has 16 heavy (non-hydrogen) atoms. The molecular formula is C10H10N2O3S. The lowest BCUT2D eigenvalue weighted by atomic mass is 10.2. The summed E-state index contributed by atoms with van der Waals surface area (Å²) < 4.78 is 26.7. The zero-order valence-corrected chi connectivity index (χ0v) is 9.65. The SMILES string of the molecule is CC(C)=NOC1=NS(=O)(=O)c2ccccc21. The van der Waals surface area contributed by atoms with E-state index < -0.39 is 10.0 Å². The number of hydrogen-bond donors (Lipinski definition) is 0. The Morgan fingerprint density at radius 1 is 1.31 bits per heavy atom. The second kappa shape index (κ2) is 3.71. The highest BCUT2D eigenvalue weighted by Crippen LogP contribution is 2.26. The number of sulfonamides is 1. The molecule has 0 saturated heterocycles. The zero-order valence-electron chi connectivity index (χ0n) is 8.84. The van der Waals surface area contributed by atoms with Crippen molar-refractivity contribution in [2.75, 3.05) is 0 Å². The normalized spacial score (nSPS) is 16.2. The second-order valence-corrected chi connectivity index (χ2v) is 5.07. The molecular weight excluding hydrogens is 228 g/mol. The van der Waals surface area contributed by atoms with E-state index in [9.17, 15) is 8.42 Å². The van der Waals surface area contributed by atoms with Crippen LogP contribution < -0.4 is 0 Å². The number of oxime groups is 1. The molecule has 0 fully saturated rings. The summed E-state index contributed by atoms with van der Waals surface area (Å²) in [6, 6.07) is 6.50. The van der Waals surface area contributed by atoms with Crippen LogP contribution in [0.3, 0.4) is 0 Å². The molecule has 1 heterocycles. The number of fused-ring (bicyclic) bond motifs is 1. The van der Waals surface area contributed by atoms with Gasteiger partial charge in [-0.1, -0.05) is 17.3 Å². The highest BCUT2D eigenvalue weighted by atomic mass is 32.2. The molecule has 0 unspecified atom stereocenters. The molecule has 0 radical (unpaired) electrons. The smallest absolute Gasteiger partial charge is 0.286 e. The van der Waals surface area contributed by atoms with Crippen molar-refractivity contribution in [3.05, 3.63) is 29.8 Å². The van der Waals surface area contributed by atoms with Crippen molar-refractivity contribution in [2.24, 2.45) is 9.55 Å². The molecule has 1 aromatic rings. The molecule has 1 aliphatic rings. The summed E-state index contributed by atoms with van der Waals surface area (Å²) in [4.78, 5) is 5.15. The maximum absolute atomic E-state index is 11.6. The first kappa shape index (κ1) is 10.8. The van der Waals surface area contributed by atoms with Crippen molar-refractivity contribution < 1.29 is 13.3 Å². The largest absolute Gasteiger partial charge is 0.335 e. The zero-order chi connectivity index (χ0) is 11.8. The molecule has 1 aromatic carbocycles. The summed E-state index contributed by atoms with van der Waals surface area (Å²) in [5, 5.41) is 3.69. The fourth-order valence-corrected chi connectivity index (χ4v) is 2.41. The fourth-order valence-electron chi connectivity index (χ4n) is 1.28. The van der Waals surface area contributed by atoms with Crippen molar-refractivity contribution in [1.29, 1.82) is 0 Å². The molecule has 0 aliphatic carbocycles. The summed E-state index contributed by atoms with van der Waals surface area (Å²) in [5.74, 6) is 0.0248. The quantitative estimate of drug-likeness (QED) is 0.550. The van der Waals surface area contributed by atoms with Gasteiger partial charge in [0, 0.05) is 0 Å². The van der Waals surface area contributed by atoms with Crippen LogP contribution in [0.25, 0.3) is 0 Å². The monoisotopic (exact) mass is 238 g/mol. The van der Waals surface area contributed by atoms with E-state index in [2.05, 4.69) is 9.55 Å². The summed E-state index contributed by atoms with van der Waals surface area (Å²) in [7, 11) is -3.61. The van der Waals surface area contributed by atoms with Crippen LogP contribution in [0.2, 0.25) is 0 Å². The van der Waals surface area contributed by atoms with Gasteiger partial charge in [0.15, 0.2) is 0 Å². The number of hydrogen-bond acceptors (Lipinski definition) is 4. The molecule has 0 saturated carbocycles. The van der Waals surface area contributed by atoms with Gasteiger partial charge in [-0.2, -0.15) is 8.42 Å². The first-order valence-corrected chi connectivity index (χ1v) is 6.07. The second-order valence-electron chi connectivity index (χ2n) is 3.50. The van der Waals surface area contributed by atoms with E-state index in [0.29, 0.717) is 11.3 Å². The molecule has 2 rings (SSSR count). The molecule has 0 atom stereocenters. The van der Waals surface area contributed by atoms with Crippen molar-refractivity contribution in [3.63, 3.8) is 0 Å². The topological polar surface area (TPSA) is 68.1 Å². The minimum absolute atomic E-state index is 0.0248. The standard InChI is InChI=1S/C10H10N2O3S/c1-7(2)11-15-10-8-5-3-4-6-9(8)16(13,14)12-10/h3-6H,1-2H3. The minimum Gasteiger partial charge on any atom is -0.335 e. The highest BCUT2D eigenvalue weighted by molar-refractivity contribution is 7.90. The third kappa shape index (κ3) is 1.83. The van der Waals surface area contributed by atoms with Crippen LogP contribution in [0.5, 0.6) is 0 Å².